The molecular weight excluding hydrogens is 325 g/mol. The van der Waals surface area contributed by atoms with Crippen molar-refractivity contribution in [1.82, 2.24) is 4.90 Å². The third kappa shape index (κ3) is 3.48. The van der Waals surface area contributed by atoms with E-state index in [1.165, 1.54) is 7.05 Å². The Hall–Kier alpha value is -1.08. The highest BCUT2D eigenvalue weighted by Crippen LogP contribution is 2.30. The van der Waals surface area contributed by atoms with Crippen molar-refractivity contribution in [2.75, 3.05) is 7.05 Å². The molecule has 0 aromatic heterocycles. The molecule has 2 N–H and O–H groups in total. The largest absolute Gasteiger partial charge is 0.415 e. The summed E-state index contributed by atoms with van der Waals surface area (Å²) in [7, 11) is 1.29. The second-order valence-electron chi connectivity index (χ2n) is 4.45. The molecule has 0 saturated carbocycles. The van der Waals surface area contributed by atoms with Crippen LogP contribution in [0.25, 0.3) is 0 Å². The molecule has 0 heterocycles. The molecule has 106 valence electrons. The van der Waals surface area contributed by atoms with Crippen LogP contribution in [0.5, 0.6) is 0 Å². The molecule has 1 atom stereocenters. The Labute approximate surface area is 117 Å². The minimum atomic E-state index is -4.79. The van der Waals surface area contributed by atoms with Gasteiger partial charge >= 0.3 is 6.18 Å². The van der Waals surface area contributed by atoms with Crippen LogP contribution >= 0.6 is 15.9 Å². The zero-order chi connectivity index (χ0) is 14.8. The van der Waals surface area contributed by atoms with E-state index in [2.05, 4.69) is 15.9 Å². The molecule has 19 heavy (non-hydrogen) atoms. The topological polar surface area (TPSA) is 46.3 Å². The molecule has 1 aromatic carbocycles. The SMILES string of the molecule is CN(Cc1ccccc1Br)C(=O)C(C)(N)C(F)(F)F. The van der Waals surface area contributed by atoms with Crippen molar-refractivity contribution in [3.05, 3.63) is 34.3 Å². The van der Waals surface area contributed by atoms with E-state index < -0.39 is 17.6 Å². The number of hydrogen-bond acceptors (Lipinski definition) is 2. The third-order valence-electron chi connectivity index (χ3n) is 2.75. The van der Waals surface area contributed by atoms with Crippen molar-refractivity contribution in [3.8, 4) is 0 Å². The number of likely N-dealkylation sites (N-methyl/N-ethyl adjacent to an activating group) is 1. The number of nitrogens with two attached hydrogens (primary N) is 1. The van der Waals surface area contributed by atoms with Crippen LogP contribution in [0.3, 0.4) is 0 Å². The van der Waals surface area contributed by atoms with Gasteiger partial charge in [0.2, 0.25) is 0 Å². The molecule has 0 radical (unpaired) electrons. The molecule has 1 unspecified atom stereocenters. The van der Waals surface area contributed by atoms with Gasteiger partial charge in [0.15, 0.2) is 5.54 Å². The summed E-state index contributed by atoms with van der Waals surface area (Å²) in [5.41, 5.74) is 2.92. The highest BCUT2D eigenvalue weighted by atomic mass is 79.9. The van der Waals surface area contributed by atoms with E-state index >= 15 is 0 Å². The minimum Gasteiger partial charge on any atom is -0.339 e. The summed E-state index contributed by atoms with van der Waals surface area (Å²) in [6.45, 7) is 0.717. The lowest BCUT2D eigenvalue weighted by Gasteiger charge is -2.31. The van der Waals surface area contributed by atoms with Crippen molar-refractivity contribution < 1.29 is 18.0 Å². The molecule has 1 aromatic rings. The van der Waals surface area contributed by atoms with Gasteiger partial charge in [-0.1, -0.05) is 34.1 Å². The molecule has 1 rings (SSSR count). The molecule has 0 bridgehead atoms. The van der Waals surface area contributed by atoms with Crippen LogP contribution in [0.15, 0.2) is 28.7 Å². The Kier molecular flexibility index (Phi) is 4.63. The molecule has 0 aliphatic carbocycles. The highest BCUT2D eigenvalue weighted by molar-refractivity contribution is 9.10. The molecule has 0 saturated heterocycles. The van der Waals surface area contributed by atoms with Gasteiger partial charge in [-0.3, -0.25) is 4.79 Å². The number of nitrogens with zero attached hydrogens (tertiary/aromatic N) is 1. The van der Waals surface area contributed by atoms with Crippen LogP contribution in [0.1, 0.15) is 12.5 Å². The summed E-state index contributed by atoms with van der Waals surface area (Å²) in [5, 5.41) is 0. The van der Waals surface area contributed by atoms with Crippen LogP contribution in [-0.4, -0.2) is 29.6 Å². The number of alkyl halides is 3. The Morgan fingerprint density at radius 1 is 1.37 bits per heavy atom. The van der Waals surface area contributed by atoms with E-state index in [-0.39, 0.29) is 6.54 Å². The van der Waals surface area contributed by atoms with Gasteiger partial charge in [-0.05, 0) is 18.6 Å². The maximum Gasteiger partial charge on any atom is 0.415 e. The maximum atomic E-state index is 12.7. The number of halogens is 4. The minimum absolute atomic E-state index is 0.0448. The van der Waals surface area contributed by atoms with Gasteiger partial charge in [0.1, 0.15) is 0 Å². The fourth-order valence-corrected chi connectivity index (χ4v) is 1.88. The van der Waals surface area contributed by atoms with Gasteiger partial charge in [0.25, 0.3) is 5.91 Å². The van der Waals surface area contributed by atoms with E-state index in [1.807, 2.05) is 0 Å². The standard InChI is InChI=1S/C12H14BrF3N2O/c1-11(17,12(14,15)16)10(19)18(2)7-8-5-3-4-6-9(8)13/h3-6H,7,17H2,1-2H3. The average Bonchev–Trinajstić information content (AvgIpc) is 2.29. The first-order valence-corrected chi connectivity index (χ1v) is 6.21. The van der Waals surface area contributed by atoms with Gasteiger partial charge in [0.05, 0.1) is 0 Å². The van der Waals surface area contributed by atoms with E-state index in [4.69, 9.17) is 5.73 Å². The van der Waals surface area contributed by atoms with Gasteiger partial charge in [-0.2, -0.15) is 13.2 Å². The molecule has 7 heteroatoms. The first-order chi connectivity index (χ1) is 8.57. The third-order valence-corrected chi connectivity index (χ3v) is 3.52. The first kappa shape index (κ1) is 16.0. The van der Waals surface area contributed by atoms with Gasteiger partial charge < -0.3 is 10.6 Å². The Morgan fingerprint density at radius 3 is 2.37 bits per heavy atom. The zero-order valence-corrected chi connectivity index (χ0v) is 12.0. The van der Waals surface area contributed by atoms with E-state index in [0.29, 0.717) is 12.5 Å². The van der Waals surface area contributed by atoms with Gasteiger partial charge in [-0.15, -0.1) is 0 Å². The lowest BCUT2D eigenvalue weighted by Crippen LogP contribution is -2.61. The summed E-state index contributed by atoms with van der Waals surface area (Å²) in [6, 6.07) is 6.98. The van der Waals surface area contributed by atoms with Crippen LogP contribution in [0.2, 0.25) is 0 Å². The van der Waals surface area contributed by atoms with Crippen LogP contribution in [-0.2, 0) is 11.3 Å². The number of carbonyl (C=O) groups is 1. The molecular formula is C12H14BrF3N2O. The predicted molar refractivity (Wildman–Crippen MR) is 69.3 cm³/mol. The van der Waals surface area contributed by atoms with Crippen LogP contribution in [0, 0.1) is 0 Å². The summed E-state index contributed by atoms with van der Waals surface area (Å²) in [5.74, 6) is -1.17. The van der Waals surface area contributed by atoms with E-state index in [1.54, 1.807) is 24.3 Å². The maximum absolute atomic E-state index is 12.7. The quantitative estimate of drug-likeness (QED) is 0.920. The first-order valence-electron chi connectivity index (χ1n) is 5.42. The lowest BCUT2D eigenvalue weighted by atomic mass is 10.0. The second-order valence-corrected chi connectivity index (χ2v) is 5.31. The van der Waals surface area contributed by atoms with Crippen molar-refractivity contribution in [2.45, 2.75) is 25.2 Å². The molecule has 1 amide bonds. The fourth-order valence-electron chi connectivity index (χ4n) is 1.47. The number of amides is 1. The molecule has 0 spiro atoms. The lowest BCUT2D eigenvalue weighted by molar-refractivity contribution is -0.193. The summed E-state index contributed by atoms with van der Waals surface area (Å²) >= 11 is 3.27. The van der Waals surface area contributed by atoms with Crippen molar-refractivity contribution in [2.24, 2.45) is 5.73 Å². The van der Waals surface area contributed by atoms with Crippen LogP contribution in [0.4, 0.5) is 13.2 Å². The summed E-state index contributed by atoms with van der Waals surface area (Å²) in [6.07, 6.45) is -4.79. The van der Waals surface area contributed by atoms with Gasteiger partial charge in [-0.25, -0.2) is 0 Å². The van der Waals surface area contributed by atoms with E-state index in [9.17, 15) is 18.0 Å². The fraction of sp³-hybridized carbons (Fsp3) is 0.417. The normalized spacial score (nSPS) is 14.9. The smallest absolute Gasteiger partial charge is 0.339 e. The Morgan fingerprint density at radius 2 is 1.89 bits per heavy atom. The molecule has 3 nitrogen and oxygen atoms in total. The molecule has 0 aliphatic heterocycles. The Balaban J connectivity index is 2.88. The second kappa shape index (κ2) is 5.50. The number of carbonyl (C=O) groups excluding carboxylic acids is 1. The molecule has 0 aliphatic rings. The van der Waals surface area contributed by atoms with Crippen LogP contribution < -0.4 is 5.73 Å². The zero-order valence-electron chi connectivity index (χ0n) is 10.5. The van der Waals surface area contributed by atoms with Crippen molar-refractivity contribution in [3.63, 3.8) is 0 Å². The van der Waals surface area contributed by atoms with Crippen molar-refractivity contribution in [1.29, 1.82) is 0 Å². The number of benzene rings is 1. The van der Waals surface area contributed by atoms with Gasteiger partial charge in [0, 0.05) is 18.1 Å². The predicted octanol–water partition coefficient (Wildman–Crippen LogP) is 2.69. The molecule has 0 fully saturated rings. The average molecular weight is 339 g/mol. The monoisotopic (exact) mass is 338 g/mol. The summed E-state index contributed by atoms with van der Waals surface area (Å²) < 4.78 is 38.8. The highest BCUT2D eigenvalue weighted by Gasteiger charge is 2.54. The number of rotatable bonds is 3. The van der Waals surface area contributed by atoms with Crippen molar-refractivity contribution >= 4 is 21.8 Å². The number of hydrogen-bond donors (Lipinski definition) is 1. The Bertz CT molecular complexity index is 474. The summed E-state index contributed by atoms with van der Waals surface area (Å²) in [4.78, 5) is 12.8. The van der Waals surface area contributed by atoms with E-state index in [0.717, 1.165) is 9.37 Å².